The van der Waals surface area contributed by atoms with Gasteiger partial charge in [0.2, 0.25) is 0 Å². The van der Waals surface area contributed by atoms with Crippen molar-refractivity contribution in [2.75, 3.05) is 20.2 Å². The summed E-state index contributed by atoms with van der Waals surface area (Å²) in [4.78, 5) is 17.8. The molecule has 0 spiro atoms. The van der Waals surface area contributed by atoms with Crippen molar-refractivity contribution in [3.8, 4) is 0 Å². The molecule has 4 nitrogen and oxygen atoms in total. The highest BCUT2D eigenvalue weighted by Crippen LogP contribution is 2.27. The number of hydrogen-bond acceptors (Lipinski definition) is 4. The standard InChI is InChI=1S/C13H16Cl2N2O2/c1-8-5-11(14)10(12(15)16-8)7-17-4-3-9(6-17)13(18)19-2/h5,9H,3-4,6-7H2,1-2H3. The van der Waals surface area contributed by atoms with Crippen LogP contribution in [0.1, 0.15) is 17.7 Å². The second-order valence-electron chi connectivity index (χ2n) is 4.76. The monoisotopic (exact) mass is 302 g/mol. The summed E-state index contributed by atoms with van der Waals surface area (Å²) in [7, 11) is 1.42. The molecule has 1 fully saturated rings. The Kier molecular flexibility index (Phi) is 4.66. The summed E-state index contributed by atoms with van der Waals surface area (Å²) < 4.78 is 4.77. The smallest absolute Gasteiger partial charge is 0.310 e. The third-order valence-electron chi connectivity index (χ3n) is 3.34. The van der Waals surface area contributed by atoms with Gasteiger partial charge < -0.3 is 4.74 Å². The largest absolute Gasteiger partial charge is 0.469 e. The summed E-state index contributed by atoms with van der Waals surface area (Å²) in [5.41, 5.74) is 1.62. The SMILES string of the molecule is COC(=O)C1CCN(Cc2c(Cl)cc(C)nc2Cl)C1. The van der Waals surface area contributed by atoms with E-state index in [0.29, 0.717) is 23.3 Å². The number of carbonyl (C=O) groups is 1. The molecule has 0 radical (unpaired) electrons. The Bertz CT molecular complexity index is 471. The average molecular weight is 303 g/mol. The van der Waals surface area contributed by atoms with Crippen LogP contribution in [0.15, 0.2) is 6.07 Å². The molecule has 2 rings (SSSR count). The number of esters is 1. The van der Waals surface area contributed by atoms with Crippen LogP contribution in [0.4, 0.5) is 0 Å². The second kappa shape index (κ2) is 6.07. The van der Waals surface area contributed by atoms with Gasteiger partial charge in [0, 0.05) is 29.4 Å². The fraction of sp³-hybridized carbons (Fsp3) is 0.538. The van der Waals surface area contributed by atoms with Crippen LogP contribution in [0.2, 0.25) is 10.2 Å². The molecule has 0 amide bonds. The van der Waals surface area contributed by atoms with Gasteiger partial charge in [-0.25, -0.2) is 4.98 Å². The van der Waals surface area contributed by atoms with E-state index in [2.05, 4.69) is 9.88 Å². The van der Waals surface area contributed by atoms with Gasteiger partial charge in [-0.2, -0.15) is 0 Å². The Morgan fingerprint density at radius 3 is 2.95 bits per heavy atom. The van der Waals surface area contributed by atoms with Crippen LogP contribution in [0, 0.1) is 12.8 Å². The third-order valence-corrected chi connectivity index (χ3v) is 3.99. The number of nitrogens with zero attached hydrogens (tertiary/aromatic N) is 2. The maximum atomic E-state index is 11.5. The van der Waals surface area contributed by atoms with Crippen molar-refractivity contribution in [1.82, 2.24) is 9.88 Å². The van der Waals surface area contributed by atoms with Crippen molar-refractivity contribution < 1.29 is 9.53 Å². The van der Waals surface area contributed by atoms with Crippen LogP contribution >= 0.6 is 23.2 Å². The first kappa shape index (κ1) is 14.6. The molecule has 0 N–H and O–H groups in total. The topological polar surface area (TPSA) is 42.4 Å². The van der Waals surface area contributed by atoms with Crippen LogP contribution in [-0.4, -0.2) is 36.1 Å². The molecule has 0 aromatic carbocycles. The van der Waals surface area contributed by atoms with E-state index >= 15 is 0 Å². The molecule has 1 aliphatic rings. The first-order chi connectivity index (χ1) is 9.01. The lowest BCUT2D eigenvalue weighted by atomic mass is 10.1. The first-order valence-corrected chi connectivity index (χ1v) is 6.88. The number of likely N-dealkylation sites (tertiary alicyclic amines) is 1. The van der Waals surface area contributed by atoms with Gasteiger partial charge >= 0.3 is 5.97 Å². The normalized spacial score (nSPS) is 19.7. The maximum absolute atomic E-state index is 11.5. The van der Waals surface area contributed by atoms with Gasteiger partial charge in [-0.15, -0.1) is 0 Å². The highest BCUT2D eigenvalue weighted by molar-refractivity contribution is 6.35. The van der Waals surface area contributed by atoms with E-state index in [1.54, 1.807) is 6.07 Å². The molecule has 104 valence electrons. The molecular weight excluding hydrogens is 287 g/mol. The minimum Gasteiger partial charge on any atom is -0.469 e. The number of hydrogen-bond donors (Lipinski definition) is 0. The Balaban J connectivity index is 2.05. The molecule has 1 aromatic heterocycles. The summed E-state index contributed by atoms with van der Waals surface area (Å²) in [5.74, 6) is -0.206. The molecule has 19 heavy (non-hydrogen) atoms. The van der Waals surface area contributed by atoms with Crippen LogP contribution in [0.3, 0.4) is 0 Å². The zero-order chi connectivity index (χ0) is 14.0. The highest BCUT2D eigenvalue weighted by Gasteiger charge is 2.29. The summed E-state index contributed by atoms with van der Waals surface area (Å²) in [6.07, 6.45) is 0.807. The van der Waals surface area contributed by atoms with Crippen molar-refractivity contribution >= 4 is 29.2 Å². The molecule has 2 heterocycles. The highest BCUT2D eigenvalue weighted by atomic mass is 35.5. The lowest BCUT2D eigenvalue weighted by Gasteiger charge is -2.17. The summed E-state index contributed by atoms with van der Waals surface area (Å²) in [6, 6.07) is 1.80. The molecule has 0 bridgehead atoms. The molecule has 1 aliphatic heterocycles. The van der Waals surface area contributed by atoms with Crippen molar-refractivity contribution in [3.05, 3.63) is 27.5 Å². The lowest BCUT2D eigenvalue weighted by molar-refractivity contribution is -0.144. The quantitative estimate of drug-likeness (QED) is 0.636. The number of halogens is 2. The molecule has 1 atom stereocenters. The van der Waals surface area contributed by atoms with Gasteiger partial charge in [0.1, 0.15) is 5.15 Å². The third kappa shape index (κ3) is 3.38. The number of aryl methyl sites for hydroxylation is 1. The van der Waals surface area contributed by atoms with Gasteiger partial charge in [0.15, 0.2) is 0 Å². The molecule has 6 heteroatoms. The maximum Gasteiger partial charge on any atom is 0.310 e. The Hall–Kier alpha value is -0.840. The fourth-order valence-corrected chi connectivity index (χ4v) is 2.97. The number of carbonyl (C=O) groups excluding carboxylic acids is 1. The van der Waals surface area contributed by atoms with Crippen molar-refractivity contribution in [2.45, 2.75) is 19.9 Å². The molecule has 1 unspecified atom stereocenters. The number of aromatic nitrogens is 1. The molecule has 1 saturated heterocycles. The molecule has 0 saturated carbocycles. The summed E-state index contributed by atoms with van der Waals surface area (Å²) in [6.45, 7) is 3.97. The Morgan fingerprint density at radius 2 is 2.32 bits per heavy atom. The van der Waals surface area contributed by atoms with Crippen LogP contribution in [0.25, 0.3) is 0 Å². The van der Waals surface area contributed by atoms with E-state index in [1.165, 1.54) is 7.11 Å². The van der Waals surface area contributed by atoms with Gasteiger partial charge in [-0.3, -0.25) is 9.69 Å². The van der Waals surface area contributed by atoms with Crippen molar-refractivity contribution in [2.24, 2.45) is 5.92 Å². The Morgan fingerprint density at radius 1 is 1.58 bits per heavy atom. The number of ether oxygens (including phenoxy) is 1. The molecule has 0 aliphatic carbocycles. The number of methoxy groups -OCH3 is 1. The molecular formula is C13H16Cl2N2O2. The van der Waals surface area contributed by atoms with E-state index in [4.69, 9.17) is 27.9 Å². The number of rotatable bonds is 3. The van der Waals surface area contributed by atoms with Gasteiger partial charge in [-0.1, -0.05) is 23.2 Å². The van der Waals surface area contributed by atoms with Crippen LogP contribution in [-0.2, 0) is 16.1 Å². The average Bonchev–Trinajstić information content (AvgIpc) is 2.81. The first-order valence-electron chi connectivity index (χ1n) is 6.13. The zero-order valence-electron chi connectivity index (χ0n) is 10.9. The summed E-state index contributed by atoms with van der Waals surface area (Å²) in [5, 5.41) is 1.06. The number of pyridine rings is 1. The van der Waals surface area contributed by atoms with Crippen LogP contribution < -0.4 is 0 Å². The second-order valence-corrected chi connectivity index (χ2v) is 5.52. The zero-order valence-corrected chi connectivity index (χ0v) is 12.5. The van der Waals surface area contributed by atoms with Crippen molar-refractivity contribution in [1.29, 1.82) is 0 Å². The fourth-order valence-electron chi connectivity index (χ4n) is 2.32. The minimum absolute atomic E-state index is 0.0547. The van der Waals surface area contributed by atoms with E-state index < -0.39 is 0 Å². The van der Waals surface area contributed by atoms with Gasteiger partial charge in [0.05, 0.1) is 13.0 Å². The van der Waals surface area contributed by atoms with Gasteiger partial charge in [0.25, 0.3) is 0 Å². The minimum atomic E-state index is -0.151. The predicted molar refractivity (Wildman–Crippen MR) is 74.4 cm³/mol. The van der Waals surface area contributed by atoms with E-state index in [0.717, 1.165) is 24.2 Å². The van der Waals surface area contributed by atoms with Crippen LogP contribution in [0.5, 0.6) is 0 Å². The van der Waals surface area contributed by atoms with E-state index in [1.807, 2.05) is 6.92 Å². The van der Waals surface area contributed by atoms with Gasteiger partial charge in [-0.05, 0) is 26.0 Å². The van der Waals surface area contributed by atoms with E-state index in [9.17, 15) is 4.79 Å². The van der Waals surface area contributed by atoms with E-state index in [-0.39, 0.29) is 11.9 Å². The Labute approximate surface area is 122 Å². The molecule has 1 aromatic rings. The predicted octanol–water partition coefficient (Wildman–Crippen LogP) is 2.69. The summed E-state index contributed by atoms with van der Waals surface area (Å²) >= 11 is 12.3. The van der Waals surface area contributed by atoms with Crippen molar-refractivity contribution in [3.63, 3.8) is 0 Å². The lowest BCUT2D eigenvalue weighted by Crippen LogP contribution is -2.24.